The number of nitrogens with zero attached hydrogens (tertiary/aromatic N) is 3. The Morgan fingerprint density at radius 1 is 1.53 bits per heavy atom. The van der Waals surface area contributed by atoms with E-state index in [1.54, 1.807) is 23.8 Å². The third kappa shape index (κ3) is 1.87. The zero-order chi connectivity index (χ0) is 10.8. The van der Waals surface area contributed by atoms with Gasteiger partial charge in [-0.3, -0.25) is 9.20 Å². The average molecular weight is 204 g/mol. The molecule has 2 rings (SSSR count). The van der Waals surface area contributed by atoms with Crippen molar-refractivity contribution in [2.45, 2.75) is 6.92 Å². The van der Waals surface area contributed by atoms with Gasteiger partial charge in [0.05, 0.1) is 6.54 Å². The predicted octanol–water partition coefficient (Wildman–Crippen LogP) is 0.440. The number of aryl methyl sites for hydroxylation is 1. The van der Waals surface area contributed by atoms with Gasteiger partial charge in [-0.25, -0.2) is 9.97 Å². The minimum atomic E-state index is -0.0272. The van der Waals surface area contributed by atoms with Crippen LogP contribution in [-0.2, 0) is 0 Å². The monoisotopic (exact) mass is 204 g/mol. The van der Waals surface area contributed by atoms with Gasteiger partial charge in [0.15, 0.2) is 5.78 Å². The van der Waals surface area contributed by atoms with Crippen LogP contribution in [0.15, 0.2) is 18.6 Å². The van der Waals surface area contributed by atoms with Crippen molar-refractivity contribution in [1.82, 2.24) is 19.7 Å². The number of imidazole rings is 1. The molecule has 0 bridgehead atoms. The molecule has 0 radical (unpaired) electrons. The number of ketones is 1. The third-order valence-corrected chi connectivity index (χ3v) is 2.06. The van der Waals surface area contributed by atoms with E-state index in [0.29, 0.717) is 18.0 Å². The van der Waals surface area contributed by atoms with E-state index in [9.17, 15) is 4.79 Å². The largest absolute Gasteiger partial charge is 0.313 e. The molecule has 78 valence electrons. The summed E-state index contributed by atoms with van der Waals surface area (Å²) in [6, 6.07) is 0. The highest BCUT2D eigenvalue weighted by Gasteiger charge is 2.09. The van der Waals surface area contributed by atoms with E-state index >= 15 is 0 Å². The molecule has 0 aromatic carbocycles. The van der Waals surface area contributed by atoms with Crippen molar-refractivity contribution in [1.29, 1.82) is 0 Å². The summed E-state index contributed by atoms with van der Waals surface area (Å²) in [4.78, 5) is 19.8. The molecule has 0 amide bonds. The number of rotatable bonds is 3. The maximum atomic E-state index is 11.5. The first-order valence-electron chi connectivity index (χ1n) is 4.70. The van der Waals surface area contributed by atoms with Gasteiger partial charge in [-0.15, -0.1) is 0 Å². The van der Waals surface area contributed by atoms with Gasteiger partial charge in [0.1, 0.15) is 5.69 Å². The maximum absolute atomic E-state index is 11.5. The van der Waals surface area contributed by atoms with Gasteiger partial charge in [0.2, 0.25) is 5.78 Å². The van der Waals surface area contributed by atoms with Crippen LogP contribution in [0.1, 0.15) is 16.1 Å². The summed E-state index contributed by atoms with van der Waals surface area (Å²) < 4.78 is 1.76. The SMILES string of the molecule is CNCC(=O)c1cn2cc(C)cnc2n1. The highest BCUT2D eigenvalue weighted by Crippen LogP contribution is 2.04. The van der Waals surface area contributed by atoms with Gasteiger partial charge in [-0.05, 0) is 19.5 Å². The molecule has 0 aliphatic heterocycles. The normalized spacial score (nSPS) is 10.8. The molecule has 1 N–H and O–H groups in total. The Kier molecular flexibility index (Phi) is 2.47. The number of fused-ring (bicyclic) bond motifs is 1. The predicted molar refractivity (Wildman–Crippen MR) is 56.0 cm³/mol. The summed E-state index contributed by atoms with van der Waals surface area (Å²) in [6.45, 7) is 2.24. The zero-order valence-corrected chi connectivity index (χ0v) is 8.69. The molecule has 2 aromatic heterocycles. The Morgan fingerprint density at radius 2 is 2.33 bits per heavy atom. The van der Waals surface area contributed by atoms with Crippen LogP contribution < -0.4 is 5.32 Å². The summed E-state index contributed by atoms with van der Waals surface area (Å²) in [5, 5.41) is 2.80. The van der Waals surface area contributed by atoms with E-state index in [4.69, 9.17) is 0 Å². The fourth-order valence-electron chi connectivity index (χ4n) is 1.37. The lowest BCUT2D eigenvalue weighted by atomic mass is 10.3. The smallest absolute Gasteiger partial charge is 0.234 e. The lowest BCUT2D eigenvalue weighted by molar-refractivity contribution is 0.0989. The second-order valence-corrected chi connectivity index (χ2v) is 3.42. The molecule has 0 saturated heterocycles. The number of carbonyl (C=O) groups is 1. The Bertz CT molecular complexity index is 503. The van der Waals surface area contributed by atoms with Crippen LogP contribution in [0.2, 0.25) is 0 Å². The highest BCUT2D eigenvalue weighted by molar-refractivity contribution is 5.96. The molecular formula is C10H12N4O. The van der Waals surface area contributed by atoms with Gasteiger partial charge >= 0.3 is 0 Å². The molecule has 2 heterocycles. The van der Waals surface area contributed by atoms with Crippen molar-refractivity contribution < 1.29 is 4.79 Å². The van der Waals surface area contributed by atoms with E-state index in [1.807, 2.05) is 13.1 Å². The van der Waals surface area contributed by atoms with Crippen molar-refractivity contribution in [2.75, 3.05) is 13.6 Å². The molecular weight excluding hydrogens is 192 g/mol. The summed E-state index contributed by atoms with van der Waals surface area (Å²) in [7, 11) is 1.73. The molecule has 0 atom stereocenters. The van der Waals surface area contributed by atoms with Crippen molar-refractivity contribution in [2.24, 2.45) is 0 Å². The van der Waals surface area contributed by atoms with Crippen LogP contribution in [0.25, 0.3) is 5.78 Å². The van der Waals surface area contributed by atoms with E-state index in [0.717, 1.165) is 5.56 Å². The molecule has 0 fully saturated rings. The third-order valence-electron chi connectivity index (χ3n) is 2.06. The number of nitrogens with one attached hydrogen (secondary N) is 1. The van der Waals surface area contributed by atoms with Gasteiger partial charge < -0.3 is 5.32 Å². The van der Waals surface area contributed by atoms with Gasteiger partial charge in [0, 0.05) is 18.6 Å². The van der Waals surface area contributed by atoms with Crippen molar-refractivity contribution in [3.8, 4) is 0 Å². The second-order valence-electron chi connectivity index (χ2n) is 3.42. The summed E-state index contributed by atoms with van der Waals surface area (Å²) in [5.74, 6) is 0.528. The molecule has 0 aliphatic rings. The van der Waals surface area contributed by atoms with Crippen LogP contribution in [0, 0.1) is 6.92 Å². The molecule has 0 unspecified atom stereocenters. The number of likely N-dealkylation sites (N-methyl/N-ethyl adjacent to an activating group) is 1. The number of carbonyl (C=O) groups excluding carboxylic acids is 1. The Hall–Kier alpha value is -1.75. The highest BCUT2D eigenvalue weighted by atomic mass is 16.1. The zero-order valence-electron chi connectivity index (χ0n) is 8.69. The average Bonchev–Trinajstić information content (AvgIpc) is 2.60. The standard InChI is InChI=1S/C10H12N4O/c1-7-3-12-10-13-8(6-14(10)5-7)9(15)4-11-2/h3,5-6,11H,4H2,1-2H3. The molecule has 0 spiro atoms. The van der Waals surface area contributed by atoms with Gasteiger partial charge in [0.25, 0.3) is 0 Å². The summed E-state index contributed by atoms with van der Waals surface area (Å²) >= 11 is 0. The topological polar surface area (TPSA) is 59.3 Å². The van der Waals surface area contributed by atoms with Crippen molar-refractivity contribution >= 4 is 11.6 Å². The first kappa shape index (κ1) is 9.79. The molecule has 5 nitrogen and oxygen atoms in total. The Balaban J connectivity index is 2.42. The van der Waals surface area contributed by atoms with Gasteiger partial charge in [-0.1, -0.05) is 0 Å². The Labute approximate surface area is 87.2 Å². The molecule has 0 saturated carbocycles. The van der Waals surface area contributed by atoms with E-state index in [1.165, 1.54) is 0 Å². The number of hydrogen-bond acceptors (Lipinski definition) is 4. The molecule has 15 heavy (non-hydrogen) atoms. The number of hydrogen-bond donors (Lipinski definition) is 1. The van der Waals surface area contributed by atoms with Crippen molar-refractivity contribution in [3.05, 3.63) is 29.8 Å². The van der Waals surface area contributed by atoms with Crippen LogP contribution >= 0.6 is 0 Å². The fourth-order valence-corrected chi connectivity index (χ4v) is 1.37. The second kappa shape index (κ2) is 3.78. The molecule has 5 heteroatoms. The first-order chi connectivity index (χ1) is 7.20. The van der Waals surface area contributed by atoms with Crippen LogP contribution in [0.4, 0.5) is 0 Å². The van der Waals surface area contributed by atoms with E-state index in [2.05, 4.69) is 15.3 Å². The number of Topliss-reactive ketones (excluding diaryl/α,β-unsaturated/α-hetero) is 1. The minimum absolute atomic E-state index is 0.0272. The summed E-state index contributed by atoms with van der Waals surface area (Å²) in [6.07, 6.45) is 5.33. The first-order valence-corrected chi connectivity index (χ1v) is 4.70. The van der Waals surface area contributed by atoms with Crippen molar-refractivity contribution in [3.63, 3.8) is 0 Å². The van der Waals surface area contributed by atoms with Gasteiger partial charge in [-0.2, -0.15) is 0 Å². The lowest BCUT2D eigenvalue weighted by Crippen LogP contribution is -2.18. The van der Waals surface area contributed by atoms with Crippen LogP contribution in [-0.4, -0.2) is 33.7 Å². The lowest BCUT2D eigenvalue weighted by Gasteiger charge is -1.92. The minimum Gasteiger partial charge on any atom is -0.313 e. The number of aromatic nitrogens is 3. The van der Waals surface area contributed by atoms with E-state index in [-0.39, 0.29) is 5.78 Å². The fraction of sp³-hybridized carbons (Fsp3) is 0.300. The van der Waals surface area contributed by atoms with E-state index < -0.39 is 0 Å². The van der Waals surface area contributed by atoms with Crippen LogP contribution in [0.5, 0.6) is 0 Å². The summed E-state index contributed by atoms with van der Waals surface area (Å²) in [5.41, 5.74) is 1.48. The maximum Gasteiger partial charge on any atom is 0.234 e. The van der Waals surface area contributed by atoms with Crippen LogP contribution in [0.3, 0.4) is 0 Å². The molecule has 0 aliphatic carbocycles. The molecule has 2 aromatic rings. The Morgan fingerprint density at radius 3 is 3.07 bits per heavy atom. The quantitative estimate of drug-likeness (QED) is 0.737.